The number of hydrogen-bond acceptors (Lipinski definition) is 4. The fraction of sp³-hybridized carbons (Fsp3) is 0.278. The van der Waals surface area contributed by atoms with Crippen LogP contribution in [0.4, 0.5) is 11.4 Å². The van der Waals surface area contributed by atoms with Crippen LogP contribution in [0, 0.1) is 0 Å². The molecule has 0 bridgehead atoms. The molecular weight excluding hydrogens is 488 g/mol. The first-order chi connectivity index (χ1) is 19.9. The van der Waals surface area contributed by atoms with Gasteiger partial charge in [0.25, 0.3) is 0 Å². The van der Waals surface area contributed by atoms with Crippen LogP contribution in [0.3, 0.4) is 0 Å². The van der Waals surface area contributed by atoms with Gasteiger partial charge in [0.2, 0.25) is 0 Å². The Kier molecular flexibility index (Phi) is 10.4. The minimum absolute atomic E-state index is 0.921. The largest absolute Gasteiger partial charge is 0.385 e. The quantitative estimate of drug-likeness (QED) is 0.0978. The maximum atomic E-state index is 3.62. The average Bonchev–Trinajstić information content (AvgIpc) is 3.00. The van der Waals surface area contributed by atoms with Gasteiger partial charge in [-0.25, -0.2) is 0 Å². The van der Waals surface area contributed by atoms with E-state index in [4.69, 9.17) is 0 Å². The molecule has 0 fully saturated rings. The number of rotatable bonds is 16. The van der Waals surface area contributed by atoms with Crippen LogP contribution in [0.25, 0.3) is 21.5 Å². The number of fused-ring (bicyclic) bond motifs is 2. The molecule has 0 aliphatic rings. The second-order valence-electron chi connectivity index (χ2n) is 10.5. The number of benzene rings is 5. The predicted octanol–water partition coefficient (Wildman–Crippen LogP) is 7.96. The van der Waals surface area contributed by atoms with E-state index in [1.807, 2.05) is 0 Å². The normalized spacial score (nSPS) is 11.2. The lowest BCUT2D eigenvalue weighted by atomic mass is 10.1. The Balaban J connectivity index is 0.919. The van der Waals surface area contributed by atoms with E-state index >= 15 is 0 Å². The maximum Gasteiger partial charge on any atom is 0.0419 e. The van der Waals surface area contributed by atoms with E-state index in [0.29, 0.717) is 0 Å². The van der Waals surface area contributed by atoms with Crippen LogP contribution in [0.1, 0.15) is 36.8 Å². The van der Waals surface area contributed by atoms with Crippen molar-refractivity contribution >= 4 is 32.9 Å². The van der Waals surface area contributed by atoms with Crippen molar-refractivity contribution in [2.45, 2.75) is 38.8 Å². The molecule has 5 aromatic carbocycles. The molecule has 0 amide bonds. The average molecular weight is 531 g/mol. The van der Waals surface area contributed by atoms with E-state index in [-0.39, 0.29) is 0 Å². The number of hydrogen-bond donors (Lipinski definition) is 4. The molecule has 0 saturated carbocycles. The molecule has 0 unspecified atom stereocenters. The van der Waals surface area contributed by atoms with Crippen LogP contribution in [0.5, 0.6) is 0 Å². The maximum absolute atomic E-state index is 3.62. The lowest BCUT2D eigenvalue weighted by Gasteiger charge is -2.11. The summed E-state index contributed by atoms with van der Waals surface area (Å²) in [6.45, 7) is 5.90. The van der Waals surface area contributed by atoms with Gasteiger partial charge in [-0.1, -0.05) is 97.1 Å². The summed E-state index contributed by atoms with van der Waals surface area (Å²) < 4.78 is 0. The van der Waals surface area contributed by atoms with Gasteiger partial charge in [-0.3, -0.25) is 0 Å². The van der Waals surface area contributed by atoms with Gasteiger partial charge in [0.1, 0.15) is 0 Å². The molecule has 4 N–H and O–H groups in total. The van der Waals surface area contributed by atoms with Crippen molar-refractivity contribution in [2.75, 3.05) is 36.8 Å². The topological polar surface area (TPSA) is 48.1 Å². The summed E-state index contributed by atoms with van der Waals surface area (Å²) in [6, 6.07) is 39.0. The fourth-order valence-electron chi connectivity index (χ4n) is 5.27. The molecule has 5 aromatic rings. The molecule has 0 saturated heterocycles. The van der Waals surface area contributed by atoms with Gasteiger partial charge in [0.15, 0.2) is 0 Å². The third kappa shape index (κ3) is 8.08. The summed E-state index contributed by atoms with van der Waals surface area (Å²) >= 11 is 0. The standard InChI is InChI=1S/C36H42N4/c1-3-18-33-31(14-1)16-10-20-35(33)39-24-7-5-22-37-27-29-12-9-13-30(26-29)28-38-23-6-8-25-40-36-21-11-17-32-15-2-4-19-34(32)36/h1-4,9-21,26,37-40H,5-8,22-25,27-28H2. The monoisotopic (exact) mass is 530 g/mol. The summed E-state index contributed by atoms with van der Waals surface area (Å²) in [5.74, 6) is 0. The summed E-state index contributed by atoms with van der Waals surface area (Å²) in [5.41, 5.74) is 5.17. The lowest BCUT2D eigenvalue weighted by molar-refractivity contribution is 0.626. The smallest absolute Gasteiger partial charge is 0.0419 e. The zero-order chi connectivity index (χ0) is 27.2. The molecule has 5 rings (SSSR count). The third-order valence-electron chi connectivity index (χ3n) is 7.42. The molecule has 40 heavy (non-hydrogen) atoms. The van der Waals surface area contributed by atoms with E-state index in [0.717, 1.165) is 65.0 Å². The van der Waals surface area contributed by atoms with Crippen molar-refractivity contribution in [2.24, 2.45) is 0 Å². The van der Waals surface area contributed by atoms with E-state index in [1.165, 1.54) is 44.0 Å². The van der Waals surface area contributed by atoms with Crippen molar-refractivity contribution < 1.29 is 0 Å². The second kappa shape index (κ2) is 15.1. The Labute approximate surface area is 239 Å². The molecule has 0 spiro atoms. The minimum atomic E-state index is 0.921. The van der Waals surface area contributed by atoms with Crippen LogP contribution in [0.2, 0.25) is 0 Å². The SMILES string of the molecule is c1cc(CNCCCCNc2cccc3ccccc23)cc(CNCCCCNc2cccc3ccccc23)c1. The molecule has 206 valence electrons. The first-order valence-electron chi connectivity index (χ1n) is 14.8. The summed E-state index contributed by atoms with van der Waals surface area (Å²) in [5, 5.41) is 19.6. The van der Waals surface area contributed by atoms with E-state index in [9.17, 15) is 0 Å². The van der Waals surface area contributed by atoms with E-state index in [1.54, 1.807) is 0 Å². The Morgan fingerprint density at radius 2 is 0.825 bits per heavy atom. The second-order valence-corrected chi connectivity index (χ2v) is 10.5. The number of nitrogens with one attached hydrogen (secondary N) is 4. The minimum Gasteiger partial charge on any atom is -0.385 e. The highest BCUT2D eigenvalue weighted by Crippen LogP contribution is 2.24. The Morgan fingerprint density at radius 3 is 1.35 bits per heavy atom. The summed E-state index contributed by atoms with van der Waals surface area (Å²) in [7, 11) is 0. The summed E-state index contributed by atoms with van der Waals surface area (Å²) in [4.78, 5) is 0. The van der Waals surface area contributed by atoms with E-state index < -0.39 is 0 Å². The molecule has 0 atom stereocenters. The Morgan fingerprint density at radius 1 is 0.400 bits per heavy atom. The van der Waals surface area contributed by atoms with Gasteiger partial charge in [0.05, 0.1) is 0 Å². The van der Waals surface area contributed by atoms with Crippen molar-refractivity contribution in [3.63, 3.8) is 0 Å². The fourth-order valence-corrected chi connectivity index (χ4v) is 5.27. The van der Waals surface area contributed by atoms with Crippen LogP contribution in [-0.2, 0) is 13.1 Å². The van der Waals surface area contributed by atoms with Gasteiger partial charge in [-0.15, -0.1) is 0 Å². The van der Waals surface area contributed by atoms with Crippen LogP contribution < -0.4 is 21.3 Å². The first-order valence-corrected chi connectivity index (χ1v) is 14.8. The van der Waals surface area contributed by atoms with Gasteiger partial charge in [0, 0.05) is 48.3 Å². The lowest BCUT2D eigenvalue weighted by Crippen LogP contribution is -2.17. The molecule has 0 radical (unpaired) electrons. The molecule has 4 heteroatoms. The molecular formula is C36H42N4. The number of anilines is 2. The highest BCUT2D eigenvalue weighted by atomic mass is 14.9. The van der Waals surface area contributed by atoms with Gasteiger partial charge in [-0.2, -0.15) is 0 Å². The van der Waals surface area contributed by atoms with Crippen molar-refractivity contribution in [1.82, 2.24) is 10.6 Å². The third-order valence-corrected chi connectivity index (χ3v) is 7.42. The summed E-state index contributed by atoms with van der Waals surface area (Å²) in [6.07, 6.45) is 4.62. The van der Waals surface area contributed by atoms with Gasteiger partial charge in [-0.05, 0) is 72.8 Å². The zero-order valence-corrected chi connectivity index (χ0v) is 23.5. The first kappa shape index (κ1) is 27.7. The van der Waals surface area contributed by atoms with Crippen LogP contribution in [-0.4, -0.2) is 26.2 Å². The van der Waals surface area contributed by atoms with Crippen molar-refractivity contribution in [1.29, 1.82) is 0 Å². The van der Waals surface area contributed by atoms with Crippen molar-refractivity contribution in [3.8, 4) is 0 Å². The van der Waals surface area contributed by atoms with Gasteiger partial charge >= 0.3 is 0 Å². The van der Waals surface area contributed by atoms with Crippen LogP contribution >= 0.6 is 0 Å². The highest BCUT2D eigenvalue weighted by molar-refractivity contribution is 5.94. The van der Waals surface area contributed by atoms with E-state index in [2.05, 4.69) is 130 Å². The predicted molar refractivity (Wildman–Crippen MR) is 173 cm³/mol. The molecule has 4 nitrogen and oxygen atoms in total. The zero-order valence-electron chi connectivity index (χ0n) is 23.5. The molecule has 0 aromatic heterocycles. The van der Waals surface area contributed by atoms with Crippen molar-refractivity contribution in [3.05, 3.63) is 120 Å². The molecule has 0 heterocycles. The Bertz CT molecular complexity index is 1360. The van der Waals surface area contributed by atoms with Crippen LogP contribution in [0.15, 0.2) is 109 Å². The molecule has 0 aliphatic carbocycles. The Hall–Kier alpha value is -3.86. The molecule has 0 aliphatic heterocycles. The number of unbranched alkanes of at least 4 members (excludes halogenated alkanes) is 2. The highest BCUT2D eigenvalue weighted by Gasteiger charge is 2.01. The van der Waals surface area contributed by atoms with Gasteiger partial charge < -0.3 is 21.3 Å².